The minimum atomic E-state index is -0.874. The molecule has 2 unspecified atom stereocenters. The Morgan fingerprint density at radius 1 is 1.21 bits per heavy atom. The summed E-state index contributed by atoms with van der Waals surface area (Å²) in [7, 11) is 0. The van der Waals surface area contributed by atoms with Crippen LogP contribution in [0.5, 0.6) is 0 Å². The lowest BCUT2D eigenvalue weighted by Gasteiger charge is -2.26. The van der Waals surface area contributed by atoms with Crippen LogP contribution in [-0.4, -0.2) is 35.2 Å². The minimum absolute atomic E-state index is 0.00109. The molecule has 1 amide bonds. The van der Waals surface area contributed by atoms with E-state index in [1.165, 1.54) is 19.1 Å². The highest BCUT2D eigenvalue weighted by atomic mass is 19.1. The Bertz CT molecular complexity index is 704. The van der Waals surface area contributed by atoms with Crippen LogP contribution < -0.4 is 10.6 Å². The molecule has 3 N–H and O–H groups in total. The van der Waals surface area contributed by atoms with E-state index in [9.17, 15) is 18.7 Å². The average molecular weight is 409 g/mol. The van der Waals surface area contributed by atoms with E-state index in [0.29, 0.717) is 12.1 Å². The fraction of sp³-hybridized carbons (Fsp3) is 0.609. The molecule has 0 radical (unpaired) electrons. The molecule has 1 aromatic rings. The number of hydrogen-bond acceptors (Lipinski definition) is 3. The summed E-state index contributed by atoms with van der Waals surface area (Å²) in [6, 6.07) is 2.62. The number of aliphatic hydroxyl groups is 1. The number of rotatable bonds is 10. The predicted octanol–water partition coefficient (Wildman–Crippen LogP) is 3.88. The molecule has 6 heteroatoms. The van der Waals surface area contributed by atoms with Crippen molar-refractivity contribution in [2.75, 3.05) is 6.54 Å². The molecule has 2 rings (SSSR count). The molecule has 2 atom stereocenters. The molecule has 0 bridgehead atoms. The summed E-state index contributed by atoms with van der Waals surface area (Å²) in [5.74, 6) is -1.64. The van der Waals surface area contributed by atoms with Gasteiger partial charge in [0.1, 0.15) is 11.6 Å². The van der Waals surface area contributed by atoms with Crippen molar-refractivity contribution in [2.45, 2.75) is 77.5 Å². The molecule has 1 aromatic carbocycles. The summed E-state index contributed by atoms with van der Waals surface area (Å²) in [5, 5.41) is 16.8. The highest BCUT2D eigenvalue weighted by molar-refractivity contribution is 5.73. The second-order valence-corrected chi connectivity index (χ2v) is 9.46. The number of hydrogen-bond donors (Lipinski definition) is 3. The molecule has 0 heterocycles. The number of carbonyl (C=O) groups is 1. The van der Waals surface area contributed by atoms with E-state index in [-0.39, 0.29) is 23.3 Å². The molecule has 0 aliphatic heterocycles. The van der Waals surface area contributed by atoms with Crippen molar-refractivity contribution in [2.24, 2.45) is 5.41 Å². The van der Waals surface area contributed by atoms with Crippen molar-refractivity contribution in [3.8, 4) is 0 Å². The molecule has 1 saturated carbocycles. The Labute approximate surface area is 172 Å². The zero-order valence-electron chi connectivity index (χ0n) is 17.9. The first kappa shape index (κ1) is 23.5. The second kappa shape index (κ2) is 9.81. The highest BCUT2D eigenvalue weighted by Gasteiger charge is 2.41. The highest BCUT2D eigenvalue weighted by Crippen LogP contribution is 2.39. The Hall–Kier alpha value is -1.79. The van der Waals surface area contributed by atoms with Gasteiger partial charge in [0, 0.05) is 25.1 Å². The molecule has 162 valence electrons. The van der Waals surface area contributed by atoms with Gasteiger partial charge in [-0.2, -0.15) is 0 Å². The van der Waals surface area contributed by atoms with Gasteiger partial charge in [-0.05, 0) is 55.2 Å². The predicted molar refractivity (Wildman–Crippen MR) is 111 cm³/mol. The average Bonchev–Trinajstić information content (AvgIpc) is 3.34. The van der Waals surface area contributed by atoms with E-state index in [4.69, 9.17) is 0 Å². The second-order valence-electron chi connectivity index (χ2n) is 9.46. The molecule has 4 nitrogen and oxygen atoms in total. The van der Waals surface area contributed by atoms with E-state index < -0.39 is 23.8 Å². The van der Waals surface area contributed by atoms with Gasteiger partial charge >= 0.3 is 0 Å². The van der Waals surface area contributed by atoms with Crippen LogP contribution in [0.15, 0.2) is 30.4 Å². The van der Waals surface area contributed by atoms with E-state index in [1.807, 2.05) is 0 Å². The zero-order valence-corrected chi connectivity index (χ0v) is 17.9. The third kappa shape index (κ3) is 8.62. The maximum atomic E-state index is 13.5. The molecule has 0 aromatic heterocycles. The van der Waals surface area contributed by atoms with Gasteiger partial charge < -0.3 is 15.7 Å². The van der Waals surface area contributed by atoms with Gasteiger partial charge in [-0.3, -0.25) is 4.79 Å². The zero-order chi connectivity index (χ0) is 21.7. The van der Waals surface area contributed by atoms with Crippen LogP contribution in [0.1, 0.15) is 58.9 Å². The Kier molecular flexibility index (Phi) is 7.94. The number of β-amino-alcohol motifs (C(OH)–C–C–N with tert-alkyl or cyclic N) is 1. The molecule has 1 aliphatic rings. The molecule has 0 saturated heterocycles. The number of amides is 1. The minimum Gasteiger partial charge on any atom is -0.390 e. The lowest BCUT2D eigenvalue weighted by molar-refractivity contribution is -0.120. The monoisotopic (exact) mass is 408 g/mol. The normalized spacial score (nSPS) is 17.9. The van der Waals surface area contributed by atoms with Crippen molar-refractivity contribution >= 4 is 5.91 Å². The first-order valence-corrected chi connectivity index (χ1v) is 10.3. The smallest absolute Gasteiger partial charge is 0.217 e. The Morgan fingerprint density at radius 2 is 1.83 bits per heavy atom. The summed E-state index contributed by atoms with van der Waals surface area (Å²) in [4.78, 5) is 11.6. The summed E-state index contributed by atoms with van der Waals surface area (Å²) in [5.41, 5.74) is 0.659. The number of allylic oxidation sites excluding steroid dienone is 1. The molecule has 1 aliphatic carbocycles. The van der Waals surface area contributed by atoms with E-state index >= 15 is 0 Å². The number of carbonyl (C=O) groups excluding carboxylic acids is 1. The van der Waals surface area contributed by atoms with E-state index in [1.54, 1.807) is 0 Å². The van der Waals surface area contributed by atoms with Crippen LogP contribution >= 0.6 is 0 Å². The summed E-state index contributed by atoms with van der Waals surface area (Å²) in [6.45, 7) is 8.26. The topological polar surface area (TPSA) is 61.4 Å². The van der Waals surface area contributed by atoms with Crippen molar-refractivity contribution < 1.29 is 18.7 Å². The molecule has 29 heavy (non-hydrogen) atoms. The fourth-order valence-corrected chi connectivity index (χ4v) is 3.34. The number of halogens is 2. The first-order valence-electron chi connectivity index (χ1n) is 10.3. The third-order valence-corrected chi connectivity index (χ3v) is 5.18. The molecule has 1 fully saturated rings. The summed E-state index contributed by atoms with van der Waals surface area (Å²) < 4.78 is 26.9. The number of benzene rings is 1. The van der Waals surface area contributed by atoms with Crippen LogP contribution in [0.2, 0.25) is 0 Å². The maximum absolute atomic E-state index is 13.5. The summed E-state index contributed by atoms with van der Waals surface area (Å²) in [6.07, 6.45) is 7.67. The van der Waals surface area contributed by atoms with Gasteiger partial charge in [-0.25, -0.2) is 8.78 Å². The lowest BCUT2D eigenvalue weighted by atomic mass is 9.92. The van der Waals surface area contributed by atoms with Crippen LogP contribution in [0.4, 0.5) is 8.78 Å². The summed E-state index contributed by atoms with van der Waals surface area (Å²) >= 11 is 0. The van der Waals surface area contributed by atoms with Crippen molar-refractivity contribution in [1.29, 1.82) is 0 Å². The standard InChI is InChI=1S/C23H34F2N2O2/c1-16(28)27-20(13-17-11-18(24)14-19(25)12-17)21(29)15-26-23(9-10-23)8-6-5-7-22(2,3)4/h5-6,11-12,14,20-21,26,29H,7-10,13,15H2,1-4H3,(H,27,28)/b6-5+. The van der Waals surface area contributed by atoms with Crippen LogP contribution in [-0.2, 0) is 11.2 Å². The van der Waals surface area contributed by atoms with Crippen molar-refractivity contribution in [1.82, 2.24) is 10.6 Å². The van der Waals surface area contributed by atoms with Crippen molar-refractivity contribution in [3.05, 3.63) is 47.5 Å². The SMILES string of the molecule is CC(=O)NC(Cc1cc(F)cc(F)c1)C(O)CNC1(C/C=C/CC(C)(C)C)CC1. The third-order valence-electron chi connectivity index (χ3n) is 5.18. The van der Waals surface area contributed by atoms with Gasteiger partial charge in [0.05, 0.1) is 12.1 Å². The van der Waals surface area contributed by atoms with Crippen LogP contribution in [0.3, 0.4) is 0 Å². The number of nitrogens with one attached hydrogen (secondary N) is 2. The van der Waals surface area contributed by atoms with E-state index in [0.717, 1.165) is 31.7 Å². The Morgan fingerprint density at radius 3 is 2.34 bits per heavy atom. The molecule has 0 spiro atoms. The molecular formula is C23H34F2N2O2. The van der Waals surface area contributed by atoms with Crippen molar-refractivity contribution in [3.63, 3.8) is 0 Å². The first-order chi connectivity index (χ1) is 13.5. The van der Waals surface area contributed by atoms with Crippen LogP contribution in [0.25, 0.3) is 0 Å². The van der Waals surface area contributed by atoms with E-state index in [2.05, 4.69) is 43.6 Å². The number of aliphatic hydroxyl groups excluding tert-OH is 1. The lowest BCUT2D eigenvalue weighted by Crippen LogP contribution is -2.50. The quantitative estimate of drug-likeness (QED) is 0.515. The van der Waals surface area contributed by atoms with Gasteiger partial charge in [0.15, 0.2) is 0 Å². The van der Waals surface area contributed by atoms with Crippen LogP contribution in [0, 0.1) is 17.0 Å². The van der Waals surface area contributed by atoms with Gasteiger partial charge in [-0.1, -0.05) is 32.9 Å². The largest absolute Gasteiger partial charge is 0.390 e. The fourth-order valence-electron chi connectivity index (χ4n) is 3.34. The van der Waals surface area contributed by atoms with Gasteiger partial charge in [0.2, 0.25) is 5.91 Å². The molecular weight excluding hydrogens is 374 g/mol. The van der Waals surface area contributed by atoms with Gasteiger partial charge in [-0.15, -0.1) is 0 Å². The van der Waals surface area contributed by atoms with Gasteiger partial charge in [0.25, 0.3) is 0 Å². The maximum Gasteiger partial charge on any atom is 0.217 e. The Balaban J connectivity index is 1.92.